The maximum Gasteiger partial charge on any atom is 0.261 e. The van der Waals surface area contributed by atoms with Crippen LogP contribution in [0.4, 0.5) is 4.39 Å². The molecule has 2 rings (SSSR count). The minimum absolute atomic E-state index is 0.182. The molecule has 0 unspecified atom stereocenters. The van der Waals surface area contributed by atoms with Crippen molar-refractivity contribution in [2.75, 3.05) is 13.7 Å². The van der Waals surface area contributed by atoms with Gasteiger partial charge in [0.1, 0.15) is 17.6 Å². The van der Waals surface area contributed by atoms with E-state index in [0.29, 0.717) is 12.2 Å². The number of para-hydroxylation sites is 1. The summed E-state index contributed by atoms with van der Waals surface area (Å²) < 4.78 is 18.7. The van der Waals surface area contributed by atoms with Crippen LogP contribution in [0.1, 0.15) is 18.9 Å². The predicted molar refractivity (Wildman–Crippen MR) is 97.0 cm³/mol. The number of nitrogens with zero attached hydrogens (tertiary/aromatic N) is 1. The van der Waals surface area contributed by atoms with Gasteiger partial charge in [0.25, 0.3) is 5.91 Å². The topological polar surface area (TPSA) is 58.6 Å². The lowest BCUT2D eigenvalue weighted by Gasteiger charge is -2.30. The monoisotopic (exact) mass is 358 g/mol. The molecule has 0 fully saturated rings. The molecule has 0 aliphatic rings. The van der Waals surface area contributed by atoms with E-state index < -0.39 is 6.04 Å². The second kappa shape index (κ2) is 9.56. The first-order valence-electron chi connectivity index (χ1n) is 8.48. The lowest BCUT2D eigenvalue weighted by atomic mass is 10.1. The van der Waals surface area contributed by atoms with Gasteiger partial charge in [-0.25, -0.2) is 4.39 Å². The van der Waals surface area contributed by atoms with Gasteiger partial charge < -0.3 is 15.0 Å². The summed E-state index contributed by atoms with van der Waals surface area (Å²) in [6.45, 7) is 1.85. The van der Waals surface area contributed by atoms with Gasteiger partial charge in [-0.15, -0.1) is 0 Å². The summed E-state index contributed by atoms with van der Waals surface area (Å²) in [5, 5.41) is 2.59. The lowest BCUT2D eigenvalue weighted by molar-refractivity contribution is -0.142. The number of carbonyl (C=O) groups excluding carboxylic acids is 2. The van der Waals surface area contributed by atoms with Crippen LogP contribution in [0.3, 0.4) is 0 Å². The molecule has 0 aliphatic heterocycles. The number of carbonyl (C=O) groups is 2. The standard InChI is InChI=1S/C20H23FN2O3/c1-3-18(20(25)22-2)23(13-15-9-11-16(21)12-10-15)19(24)14-26-17-7-5-4-6-8-17/h4-12,18H,3,13-14H2,1-2H3,(H,22,25)/t18-/m1/s1. The molecule has 138 valence electrons. The molecular weight excluding hydrogens is 335 g/mol. The fraction of sp³-hybridized carbons (Fsp3) is 0.300. The fourth-order valence-corrected chi connectivity index (χ4v) is 2.62. The van der Waals surface area contributed by atoms with E-state index in [0.717, 1.165) is 5.56 Å². The molecule has 2 amide bonds. The molecule has 2 aromatic rings. The zero-order valence-electron chi connectivity index (χ0n) is 14.9. The van der Waals surface area contributed by atoms with E-state index >= 15 is 0 Å². The van der Waals surface area contributed by atoms with E-state index in [1.54, 1.807) is 24.3 Å². The zero-order valence-corrected chi connectivity index (χ0v) is 14.9. The smallest absolute Gasteiger partial charge is 0.261 e. The van der Waals surface area contributed by atoms with Crippen molar-refractivity contribution in [3.05, 3.63) is 66.0 Å². The summed E-state index contributed by atoms with van der Waals surface area (Å²) in [5.41, 5.74) is 0.738. The molecule has 5 nitrogen and oxygen atoms in total. The molecule has 0 saturated carbocycles. The first-order chi connectivity index (χ1) is 12.5. The molecular formula is C20H23FN2O3. The van der Waals surface area contributed by atoms with Gasteiger partial charge in [0.15, 0.2) is 6.61 Å². The molecule has 0 aromatic heterocycles. The summed E-state index contributed by atoms with van der Waals surface area (Å²) in [5.74, 6) is -0.329. The second-order valence-electron chi connectivity index (χ2n) is 5.79. The van der Waals surface area contributed by atoms with Gasteiger partial charge in [-0.2, -0.15) is 0 Å². The summed E-state index contributed by atoms with van der Waals surface area (Å²) >= 11 is 0. The maximum atomic E-state index is 13.1. The number of nitrogens with one attached hydrogen (secondary N) is 1. The van der Waals surface area contributed by atoms with Gasteiger partial charge in [0, 0.05) is 13.6 Å². The molecule has 0 saturated heterocycles. The van der Waals surface area contributed by atoms with Gasteiger partial charge in [0.2, 0.25) is 5.91 Å². The molecule has 1 atom stereocenters. The zero-order chi connectivity index (χ0) is 18.9. The Kier molecular flexibility index (Phi) is 7.14. The largest absolute Gasteiger partial charge is 0.484 e. The van der Waals surface area contributed by atoms with Crippen molar-refractivity contribution in [2.24, 2.45) is 0 Å². The summed E-state index contributed by atoms with van der Waals surface area (Å²) in [7, 11) is 1.53. The Balaban J connectivity index is 2.16. The van der Waals surface area contributed by atoms with Crippen molar-refractivity contribution >= 4 is 11.8 Å². The van der Waals surface area contributed by atoms with E-state index in [9.17, 15) is 14.0 Å². The molecule has 0 aliphatic carbocycles. The molecule has 2 aromatic carbocycles. The van der Waals surface area contributed by atoms with Crippen LogP contribution >= 0.6 is 0 Å². The number of hydrogen-bond donors (Lipinski definition) is 1. The highest BCUT2D eigenvalue weighted by Gasteiger charge is 2.28. The van der Waals surface area contributed by atoms with E-state index in [4.69, 9.17) is 4.74 Å². The van der Waals surface area contributed by atoms with Crippen molar-refractivity contribution in [1.29, 1.82) is 0 Å². The van der Waals surface area contributed by atoms with Crippen LogP contribution in [0.25, 0.3) is 0 Å². The van der Waals surface area contributed by atoms with Gasteiger partial charge in [0.05, 0.1) is 0 Å². The highest BCUT2D eigenvalue weighted by Crippen LogP contribution is 2.14. The number of rotatable bonds is 8. The van der Waals surface area contributed by atoms with Crippen molar-refractivity contribution in [2.45, 2.75) is 25.9 Å². The molecule has 0 heterocycles. The number of halogens is 1. The molecule has 6 heteroatoms. The lowest BCUT2D eigenvalue weighted by Crippen LogP contribution is -2.49. The van der Waals surface area contributed by atoms with Crippen molar-refractivity contribution in [3.63, 3.8) is 0 Å². The molecule has 26 heavy (non-hydrogen) atoms. The summed E-state index contributed by atoms with van der Waals surface area (Å²) in [4.78, 5) is 26.4. The minimum atomic E-state index is -0.628. The number of amides is 2. The Labute approximate surface area is 152 Å². The van der Waals surface area contributed by atoms with Crippen LogP contribution in [0, 0.1) is 5.82 Å². The van der Waals surface area contributed by atoms with Crippen molar-refractivity contribution < 1.29 is 18.7 Å². The number of ether oxygens (including phenoxy) is 1. The van der Waals surface area contributed by atoms with Crippen molar-refractivity contribution in [3.8, 4) is 5.75 Å². The Morgan fingerprint density at radius 1 is 1.12 bits per heavy atom. The normalized spacial score (nSPS) is 11.5. The van der Waals surface area contributed by atoms with Crippen LogP contribution < -0.4 is 10.1 Å². The molecule has 1 N–H and O–H groups in total. The minimum Gasteiger partial charge on any atom is -0.484 e. The van der Waals surface area contributed by atoms with Gasteiger partial charge in [-0.3, -0.25) is 9.59 Å². The molecule has 0 spiro atoms. The molecule has 0 radical (unpaired) electrons. The third-order valence-corrected chi connectivity index (χ3v) is 4.00. The van der Waals surface area contributed by atoms with Crippen LogP contribution in [0.5, 0.6) is 5.75 Å². The van der Waals surface area contributed by atoms with Gasteiger partial charge in [-0.05, 0) is 36.2 Å². The van der Waals surface area contributed by atoms with Crippen molar-refractivity contribution in [1.82, 2.24) is 10.2 Å². The quantitative estimate of drug-likeness (QED) is 0.789. The SMILES string of the molecule is CC[C@H](C(=O)NC)N(Cc1ccc(F)cc1)C(=O)COc1ccccc1. The van der Waals surface area contributed by atoms with Crippen LogP contribution in [0.15, 0.2) is 54.6 Å². The second-order valence-corrected chi connectivity index (χ2v) is 5.79. The Bertz CT molecular complexity index is 720. The molecule has 0 bridgehead atoms. The predicted octanol–water partition coefficient (Wildman–Crippen LogP) is 2.76. The number of likely N-dealkylation sites (N-methyl/N-ethyl adjacent to an activating group) is 1. The first kappa shape index (κ1) is 19.4. The van der Waals surface area contributed by atoms with Crippen LogP contribution in [-0.4, -0.2) is 36.4 Å². The first-order valence-corrected chi connectivity index (χ1v) is 8.48. The van der Waals surface area contributed by atoms with Crippen LogP contribution in [-0.2, 0) is 16.1 Å². The number of hydrogen-bond acceptors (Lipinski definition) is 3. The average Bonchev–Trinajstić information content (AvgIpc) is 2.68. The van der Waals surface area contributed by atoms with E-state index in [1.165, 1.54) is 24.1 Å². The van der Waals surface area contributed by atoms with E-state index in [1.807, 2.05) is 25.1 Å². The van der Waals surface area contributed by atoms with Crippen LogP contribution in [0.2, 0.25) is 0 Å². The average molecular weight is 358 g/mol. The summed E-state index contributed by atoms with van der Waals surface area (Å²) in [6, 6.07) is 14.2. The summed E-state index contributed by atoms with van der Waals surface area (Å²) in [6.07, 6.45) is 0.456. The third kappa shape index (κ3) is 5.31. The Morgan fingerprint density at radius 2 is 1.77 bits per heavy atom. The van der Waals surface area contributed by atoms with E-state index in [2.05, 4.69) is 5.32 Å². The van der Waals surface area contributed by atoms with Gasteiger partial charge >= 0.3 is 0 Å². The third-order valence-electron chi connectivity index (χ3n) is 4.00. The highest BCUT2D eigenvalue weighted by atomic mass is 19.1. The number of benzene rings is 2. The highest BCUT2D eigenvalue weighted by molar-refractivity contribution is 5.88. The Morgan fingerprint density at radius 3 is 2.35 bits per heavy atom. The van der Waals surface area contributed by atoms with E-state index in [-0.39, 0.29) is 30.8 Å². The maximum absolute atomic E-state index is 13.1. The fourth-order valence-electron chi connectivity index (χ4n) is 2.62. The van der Waals surface area contributed by atoms with Gasteiger partial charge in [-0.1, -0.05) is 37.3 Å². The Hall–Kier alpha value is -2.89.